The lowest BCUT2D eigenvalue weighted by Gasteiger charge is -2.59. The summed E-state index contributed by atoms with van der Waals surface area (Å²) in [6.45, 7) is 4.79. The first kappa shape index (κ1) is 21.3. The van der Waals surface area contributed by atoms with Crippen LogP contribution in [0.2, 0.25) is 0 Å². The van der Waals surface area contributed by atoms with Crippen LogP contribution in [0.25, 0.3) is 0 Å². The molecule has 3 saturated carbocycles. The molecule has 1 unspecified atom stereocenters. The number of thiazole rings is 1. The summed E-state index contributed by atoms with van der Waals surface area (Å²) >= 11 is 1.76. The van der Waals surface area contributed by atoms with Gasteiger partial charge in [-0.3, -0.25) is 4.79 Å². The number of carbonyl (C=O) groups excluding carboxylic acids is 1. The van der Waals surface area contributed by atoms with Gasteiger partial charge in [0.05, 0.1) is 11.3 Å². The summed E-state index contributed by atoms with van der Waals surface area (Å²) < 4.78 is 0. The number of carbonyl (C=O) groups is 2. The highest BCUT2D eigenvalue weighted by Crippen LogP contribution is 2.67. The molecule has 1 aromatic heterocycles. The number of benzene rings is 1. The third kappa shape index (κ3) is 3.13. The highest BCUT2D eigenvalue weighted by Gasteiger charge is 2.60. The fourth-order valence-corrected chi connectivity index (χ4v) is 9.45. The molecule has 6 rings (SSSR count). The van der Waals surface area contributed by atoms with Gasteiger partial charge in [0.2, 0.25) is 0 Å². The van der Waals surface area contributed by atoms with Crippen molar-refractivity contribution in [2.45, 2.75) is 71.1 Å². The van der Waals surface area contributed by atoms with E-state index in [4.69, 9.17) is 4.98 Å². The van der Waals surface area contributed by atoms with E-state index in [9.17, 15) is 14.7 Å². The van der Waals surface area contributed by atoms with Gasteiger partial charge in [0.15, 0.2) is 5.13 Å². The second kappa shape index (κ2) is 7.39. The maximum Gasteiger partial charge on any atom is 0.335 e. The maximum absolute atomic E-state index is 12.7. The third-order valence-corrected chi connectivity index (χ3v) is 11.0. The number of nitrogens with zero attached hydrogens (tertiary/aromatic N) is 1. The van der Waals surface area contributed by atoms with Crippen LogP contribution in [0.5, 0.6) is 0 Å². The lowest BCUT2D eigenvalue weighted by atomic mass is 9.46. The summed E-state index contributed by atoms with van der Waals surface area (Å²) in [5.74, 6) is 2.14. The Bertz CT molecular complexity index is 1140. The Morgan fingerprint density at radius 2 is 1.97 bits per heavy atom. The predicted octanol–water partition coefficient (Wildman–Crippen LogP) is 6.43. The van der Waals surface area contributed by atoms with E-state index in [2.05, 4.69) is 19.2 Å². The van der Waals surface area contributed by atoms with E-state index >= 15 is 0 Å². The van der Waals surface area contributed by atoms with E-state index in [1.165, 1.54) is 36.3 Å². The largest absolute Gasteiger partial charge is 0.478 e. The van der Waals surface area contributed by atoms with E-state index in [0.717, 1.165) is 36.5 Å². The van der Waals surface area contributed by atoms with Crippen molar-refractivity contribution in [1.82, 2.24) is 4.98 Å². The quantitative estimate of drug-likeness (QED) is 0.547. The number of hydrogen-bond donors (Lipinski definition) is 2. The number of anilines is 2. The van der Waals surface area contributed by atoms with Crippen LogP contribution < -0.4 is 5.32 Å². The fraction of sp³-hybridized carbons (Fsp3) is 0.593. The molecule has 6 heteroatoms. The molecule has 6 atom stereocenters. The van der Waals surface area contributed by atoms with Crippen molar-refractivity contribution in [2.24, 2.45) is 28.6 Å². The van der Waals surface area contributed by atoms with Crippen LogP contribution in [0.15, 0.2) is 24.3 Å². The molecule has 4 aliphatic carbocycles. The monoisotopic (exact) mass is 464 g/mol. The van der Waals surface area contributed by atoms with Gasteiger partial charge in [0.25, 0.3) is 0 Å². The Balaban J connectivity index is 1.27. The average molecular weight is 465 g/mol. The summed E-state index contributed by atoms with van der Waals surface area (Å²) in [6.07, 6.45) is 8.79. The molecule has 0 spiro atoms. The van der Waals surface area contributed by atoms with Crippen LogP contribution in [0.3, 0.4) is 0 Å². The van der Waals surface area contributed by atoms with Gasteiger partial charge in [-0.15, -0.1) is 11.3 Å². The number of fused-ring (bicyclic) bond motifs is 7. The molecule has 1 heterocycles. The Morgan fingerprint density at radius 1 is 1.12 bits per heavy atom. The highest BCUT2D eigenvalue weighted by molar-refractivity contribution is 7.15. The number of Topliss-reactive ketones (excluding diaryl/α,β-unsaturated/α-hetero) is 1. The van der Waals surface area contributed by atoms with E-state index < -0.39 is 5.97 Å². The van der Waals surface area contributed by atoms with Gasteiger partial charge in [0.1, 0.15) is 5.78 Å². The molecule has 33 heavy (non-hydrogen) atoms. The average Bonchev–Trinajstić information content (AvgIpc) is 3.33. The molecule has 0 radical (unpaired) electrons. The second-order valence-corrected chi connectivity index (χ2v) is 12.3. The van der Waals surface area contributed by atoms with E-state index in [1.807, 2.05) is 6.07 Å². The van der Waals surface area contributed by atoms with Crippen molar-refractivity contribution in [1.29, 1.82) is 0 Å². The molecule has 2 aromatic rings. The molecule has 174 valence electrons. The second-order valence-electron chi connectivity index (χ2n) is 11.3. The van der Waals surface area contributed by atoms with Gasteiger partial charge in [-0.25, -0.2) is 9.78 Å². The van der Waals surface area contributed by atoms with Gasteiger partial charge < -0.3 is 10.4 Å². The summed E-state index contributed by atoms with van der Waals surface area (Å²) in [5.41, 5.74) is 2.51. The van der Waals surface area contributed by atoms with Crippen LogP contribution in [0, 0.1) is 28.6 Å². The number of rotatable bonds is 3. The molecule has 0 aliphatic heterocycles. The zero-order valence-electron chi connectivity index (χ0n) is 19.4. The third-order valence-electron chi connectivity index (χ3n) is 9.88. The number of aromatic carboxylic acids is 1. The minimum atomic E-state index is -0.919. The lowest BCUT2D eigenvalue weighted by Crippen LogP contribution is -2.52. The zero-order valence-corrected chi connectivity index (χ0v) is 20.2. The first-order valence-corrected chi connectivity index (χ1v) is 13.2. The van der Waals surface area contributed by atoms with Crippen LogP contribution in [-0.2, 0) is 11.2 Å². The number of nitrogens with one attached hydrogen (secondary N) is 1. The van der Waals surface area contributed by atoms with Crippen LogP contribution in [0.4, 0.5) is 10.8 Å². The Labute approximate surface area is 199 Å². The highest BCUT2D eigenvalue weighted by atomic mass is 32.1. The number of hydrogen-bond acceptors (Lipinski definition) is 5. The first-order chi connectivity index (χ1) is 15.8. The molecule has 4 aliphatic rings. The Hall–Kier alpha value is -2.21. The molecule has 2 N–H and O–H groups in total. The fourth-order valence-electron chi connectivity index (χ4n) is 8.13. The summed E-state index contributed by atoms with van der Waals surface area (Å²) in [4.78, 5) is 30.4. The molecule has 0 saturated heterocycles. The number of ketones is 1. The first-order valence-electron chi connectivity index (χ1n) is 12.4. The van der Waals surface area contributed by atoms with Gasteiger partial charge in [-0.2, -0.15) is 0 Å². The zero-order chi connectivity index (χ0) is 23.0. The van der Waals surface area contributed by atoms with Crippen molar-refractivity contribution in [3.05, 3.63) is 40.4 Å². The molecular formula is C27H32N2O3S. The number of carboxylic acids is 1. The normalized spacial score (nSPS) is 37.0. The number of aromatic nitrogens is 1. The van der Waals surface area contributed by atoms with E-state index in [0.29, 0.717) is 29.5 Å². The van der Waals surface area contributed by atoms with Gasteiger partial charge >= 0.3 is 5.97 Å². The molecule has 1 aromatic carbocycles. The standard InChI is InChI=1S/C27H32N2O3S/c1-26-13-11-21-23(33-25(29-21)28-16-5-3-4-15(14-16)24(31)32)20(26)7-6-17-18-8-9-22(30)27(18,2)12-10-19(17)26/h3-5,14,17-20H,6-13H2,1-2H3,(H,28,29)(H,31,32)/t17-,18-,19-,20?,26+,27-/m0/s1. The van der Waals surface area contributed by atoms with Crippen LogP contribution in [-0.4, -0.2) is 21.8 Å². The molecule has 0 bridgehead atoms. The molecule has 3 fully saturated rings. The summed E-state index contributed by atoms with van der Waals surface area (Å²) in [6, 6.07) is 6.93. The Kier molecular flexibility index (Phi) is 4.78. The predicted molar refractivity (Wildman–Crippen MR) is 129 cm³/mol. The van der Waals surface area contributed by atoms with Crippen LogP contribution >= 0.6 is 11.3 Å². The van der Waals surface area contributed by atoms with Crippen molar-refractivity contribution in [2.75, 3.05) is 5.32 Å². The topological polar surface area (TPSA) is 79.3 Å². The van der Waals surface area contributed by atoms with Crippen molar-refractivity contribution in [3.63, 3.8) is 0 Å². The minimum Gasteiger partial charge on any atom is -0.478 e. The van der Waals surface area contributed by atoms with Crippen molar-refractivity contribution in [3.8, 4) is 0 Å². The van der Waals surface area contributed by atoms with E-state index in [-0.39, 0.29) is 16.4 Å². The van der Waals surface area contributed by atoms with Crippen molar-refractivity contribution < 1.29 is 14.7 Å². The molecule has 0 amide bonds. The smallest absolute Gasteiger partial charge is 0.335 e. The van der Waals surface area contributed by atoms with Crippen LogP contribution in [0.1, 0.15) is 85.6 Å². The van der Waals surface area contributed by atoms with Gasteiger partial charge in [-0.05, 0) is 86.3 Å². The Morgan fingerprint density at radius 3 is 2.79 bits per heavy atom. The summed E-state index contributed by atoms with van der Waals surface area (Å²) in [7, 11) is 0. The maximum atomic E-state index is 12.7. The minimum absolute atomic E-state index is 0.0593. The van der Waals surface area contributed by atoms with Gasteiger partial charge in [0, 0.05) is 28.3 Å². The lowest BCUT2D eigenvalue weighted by molar-refractivity contribution is -0.134. The van der Waals surface area contributed by atoms with E-state index in [1.54, 1.807) is 29.5 Å². The SMILES string of the molecule is C[C@]12CCc3nc(Nc4cccc(C(=O)O)c4)sc3C1CC[C@@H]1[C@@H]2CC[C@]2(C)C(=O)CC[C@@H]12. The molecular weight excluding hydrogens is 432 g/mol. The number of aryl methyl sites for hydroxylation is 1. The van der Waals surface area contributed by atoms with Crippen molar-refractivity contribution >= 4 is 33.9 Å². The molecule has 5 nitrogen and oxygen atoms in total. The number of carboxylic acid groups (broad SMARTS) is 1. The summed E-state index contributed by atoms with van der Waals surface area (Å²) in [5, 5.41) is 13.5. The van der Waals surface area contributed by atoms with Gasteiger partial charge in [-0.1, -0.05) is 19.9 Å².